The molecule has 0 fully saturated rings. The molecule has 0 unspecified atom stereocenters. The average Bonchev–Trinajstić information content (AvgIpc) is 2.34. The molecule has 5 nitrogen and oxygen atoms in total. The molecule has 0 aliphatic rings. The summed E-state index contributed by atoms with van der Waals surface area (Å²) in [6.07, 6.45) is 2.99. The number of methoxy groups -OCH3 is 1. The standard InChI is InChI=1S/C13H15NO4/c1-14(2)7-6-11(15)9-4-5-12(18-3)10(8-9)13(16)17/h4-8H,1-3H3,(H,16,17). The Morgan fingerprint density at radius 2 is 2.00 bits per heavy atom. The number of carboxylic acid groups (broad SMARTS) is 1. The van der Waals surface area contributed by atoms with Gasteiger partial charge in [-0.1, -0.05) is 0 Å². The molecule has 0 aliphatic carbocycles. The Hall–Kier alpha value is -2.30. The molecule has 0 amide bonds. The second-order valence-corrected chi connectivity index (χ2v) is 3.86. The van der Waals surface area contributed by atoms with E-state index in [0.717, 1.165) is 0 Å². The summed E-state index contributed by atoms with van der Waals surface area (Å²) >= 11 is 0. The lowest BCUT2D eigenvalue weighted by molar-refractivity contribution is 0.0693. The molecule has 0 spiro atoms. The van der Waals surface area contributed by atoms with E-state index in [0.29, 0.717) is 5.56 Å². The molecule has 1 aromatic rings. The lowest BCUT2D eigenvalue weighted by Crippen LogP contribution is -2.05. The number of nitrogens with zero attached hydrogens (tertiary/aromatic N) is 1. The summed E-state index contributed by atoms with van der Waals surface area (Å²) in [6, 6.07) is 4.32. The quantitative estimate of drug-likeness (QED) is 0.635. The van der Waals surface area contributed by atoms with Gasteiger partial charge in [-0.25, -0.2) is 4.79 Å². The van der Waals surface area contributed by atoms with E-state index in [-0.39, 0.29) is 17.1 Å². The van der Waals surface area contributed by atoms with Crippen molar-refractivity contribution in [3.63, 3.8) is 0 Å². The van der Waals surface area contributed by atoms with Crippen LogP contribution < -0.4 is 4.74 Å². The molecule has 0 heterocycles. The SMILES string of the molecule is COc1ccc(C(=O)C=CN(C)C)cc1C(=O)O. The van der Waals surface area contributed by atoms with E-state index in [1.807, 2.05) is 0 Å². The van der Waals surface area contributed by atoms with Crippen LogP contribution in [0.15, 0.2) is 30.5 Å². The zero-order chi connectivity index (χ0) is 13.7. The van der Waals surface area contributed by atoms with Gasteiger partial charge in [-0.3, -0.25) is 4.79 Å². The molecule has 0 saturated heterocycles. The number of ketones is 1. The maximum absolute atomic E-state index is 11.8. The number of aromatic carboxylic acids is 1. The van der Waals surface area contributed by atoms with Crippen LogP contribution in [0.5, 0.6) is 5.75 Å². The van der Waals surface area contributed by atoms with Crippen molar-refractivity contribution in [2.75, 3.05) is 21.2 Å². The minimum Gasteiger partial charge on any atom is -0.496 e. The maximum Gasteiger partial charge on any atom is 0.339 e. The zero-order valence-electron chi connectivity index (χ0n) is 10.5. The minimum atomic E-state index is -1.13. The van der Waals surface area contributed by atoms with E-state index in [4.69, 9.17) is 9.84 Å². The molecule has 1 rings (SSSR count). The van der Waals surface area contributed by atoms with Crippen LogP contribution in [0.1, 0.15) is 20.7 Å². The predicted octanol–water partition coefficient (Wildman–Crippen LogP) is 1.65. The number of allylic oxidation sites excluding steroid dienone is 1. The first-order valence-corrected chi connectivity index (χ1v) is 5.26. The smallest absolute Gasteiger partial charge is 0.339 e. The van der Waals surface area contributed by atoms with Crippen LogP contribution in [-0.4, -0.2) is 43.0 Å². The molecule has 5 heteroatoms. The summed E-state index contributed by atoms with van der Waals surface area (Å²) in [6.45, 7) is 0. The summed E-state index contributed by atoms with van der Waals surface area (Å²) in [5, 5.41) is 9.00. The second kappa shape index (κ2) is 5.86. The maximum atomic E-state index is 11.8. The van der Waals surface area contributed by atoms with Crippen molar-refractivity contribution in [1.29, 1.82) is 0 Å². The van der Waals surface area contributed by atoms with Crippen LogP contribution in [0.3, 0.4) is 0 Å². The number of carboxylic acids is 1. The van der Waals surface area contributed by atoms with Crippen molar-refractivity contribution in [3.8, 4) is 5.75 Å². The number of hydrogen-bond acceptors (Lipinski definition) is 4. The van der Waals surface area contributed by atoms with Gasteiger partial charge in [-0.05, 0) is 18.2 Å². The monoisotopic (exact) mass is 249 g/mol. The summed E-state index contributed by atoms with van der Waals surface area (Å²) < 4.78 is 4.92. The van der Waals surface area contributed by atoms with Crippen molar-refractivity contribution in [2.45, 2.75) is 0 Å². The fraction of sp³-hybridized carbons (Fsp3) is 0.231. The third-order valence-corrected chi connectivity index (χ3v) is 2.24. The molecule has 0 radical (unpaired) electrons. The summed E-state index contributed by atoms with van der Waals surface area (Å²) in [7, 11) is 4.97. The van der Waals surface area contributed by atoms with Crippen LogP contribution >= 0.6 is 0 Å². The Balaban J connectivity index is 3.08. The topological polar surface area (TPSA) is 66.8 Å². The van der Waals surface area contributed by atoms with E-state index in [1.54, 1.807) is 25.2 Å². The Morgan fingerprint density at radius 3 is 2.50 bits per heavy atom. The van der Waals surface area contributed by atoms with Gasteiger partial charge in [-0.2, -0.15) is 0 Å². The van der Waals surface area contributed by atoms with Gasteiger partial charge >= 0.3 is 5.97 Å². The normalized spacial score (nSPS) is 10.4. The summed E-state index contributed by atoms with van der Waals surface area (Å²) in [5.74, 6) is -1.15. The molecular formula is C13H15NO4. The molecule has 0 aliphatic heterocycles. The molecule has 1 aromatic carbocycles. The molecule has 96 valence electrons. The Bertz CT molecular complexity index is 492. The predicted molar refractivity (Wildman–Crippen MR) is 67.1 cm³/mol. The van der Waals surface area contributed by atoms with Crippen molar-refractivity contribution in [3.05, 3.63) is 41.6 Å². The third-order valence-electron chi connectivity index (χ3n) is 2.24. The first-order valence-electron chi connectivity index (χ1n) is 5.26. The highest BCUT2D eigenvalue weighted by molar-refractivity contribution is 6.06. The first kappa shape index (κ1) is 13.8. The Morgan fingerprint density at radius 1 is 1.33 bits per heavy atom. The van der Waals surface area contributed by atoms with Crippen molar-refractivity contribution in [1.82, 2.24) is 4.90 Å². The molecule has 0 saturated carbocycles. The van der Waals surface area contributed by atoms with Gasteiger partial charge < -0.3 is 14.7 Å². The van der Waals surface area contributed by atoms with Gasteiger partial charge in [0, 0.05) is 31.9 Å². The van der Waals surface area contributed by atoms with E-state index in [1.165, 1.54) is 31.4 Å². The van der Waals surface area contributed by atoms with Gasteiger partial charge in [0.05, 0.1) is 7.11 Å². The highest BCUT2D eigenvalue weighted by Gasteiger charge is 2.13. The fourth-order valence-electron chi connectivity index (χ4n) is 1.34. The van der Waals surface area contributed by atoms with Gasteiger partial charge in [0.25, 0.3) is 0 Å². The van der Waals surface area contributed by atoms with Crippen molar-refractivity contribution in [2.24, 2.45) is 0 Å². The lowest BCUT2D eigenvalue weighted by Gasteiger charge is -2.06. The number of carbonyl (C=O) groups is 2. The van der Waals surface area contributed by atoms with Crippen LogP contribution in [-0.2, 0) is 0 Å². The number of carbonyl (C=O) groups excluding carboxylic acids is 1. The highest BCUT2D eigenvalue weighted by Crippen LogP contribution is 2.20. The number of hydrogen-bond donors (Lipinski definition) is 1. The second-order valence-electron chi connectivity index (χ2n) is 3.86. The Kier molecular flexibility index (Phi) is 4.48. The molecule has 18 heavy (non-hydrogen) atoms. The van der Waals surface area contributed by atoms with Crippen molar-refractivity contribution < 1.29 is 19.4 Å². The number of benzene rings is 1. The zero-order valence-corrected chi connectivity index (χ0v) is 10.5. The fourth-order valence-corrected chi connectivity index (χ4v) is 1.34. The van der Waals surface area contributed by atoms with Gasteiger partial charge in [-0.15, -0.1) is 0 Å². The van der Waals surface area contributed by atoms with E-state index >= 15 is 0 Å². The average molecular weight is 249 g/mol. The summed E-state index contributed by atoms with van der Waals surface area (Å²) in [5.41, 5.74) is 0.285. The molecule has 1 N–H and O–H groups in total. The largest absolute Gasteiger partial charge is 0.496 e. The van der Waals surface area contributed by atoms with Gasteiger partial charge in [0.2, 0.25) is 0 Å². The van der Waals surface area contributed by atoms with Crippen molar-refractivity contribution >= 4 is 11.8 Å². The molecule has 0 aromatic heterocycles. The third kappa shape index (κ3) is 3.35. The van der Waals surface area contributed by atoms with Crippen LogP contribution in [0.2, 0.25) is 0 Å². The molecule has 0 atom stereocenters. The van der Waals surface area contributed by atoms with Crippen LogP contribution in [0, 0.1) is 0 Å². The van der Waals surface area contributed by atoms with E-state index in [2.05, 4.69) is 0 Å². The summed E-state index contributed by atoms with van der Waals surface area (Å²) in [4.78, 5) is 24.5. The minimum absolute atomic E-state index is 0.0263. The van der Waals surface area contributed by atoms with Gasteiger partial charge in [0.15, 0.2) is 5.78 Å². The lowest BCUT2D eigenvalue weighted by atomic mass is 10.1. The number of ether oxygens (including phenoxy) is 1. The van der Waals surface area contributed by atoms with Crippen LogP contribution in [0.25, 0.3) is 0 Å². The van der Waals surface area contributed by atoms with Crippen LogP contribution in [0.4, 0.5) is 0 Å². The Labute approximate surface area is 105 Å². The molecular weight excluding hydrogens is 234 g/mol. The number of rotatable bonds is 5. The molecule has 0 bridgehead atoms. The highest BCUT2D eigenvalue weighted by atomic mass is 16.5. The first-order chi connectivity index (χ1) is 8.45. The van der Waals surface area contributed by atoms with E-state index < -0.39 is 5.97 Å². The van der Waals surface area contributed by atoms with E-state index in [9.17, 15) is 9.59 Å². The van der Waals surface area contributed by atoms with Gasteiger partial charge in [0.1, 0.15) is 11.3 Å².